The molecule has 1 unspecified atom stereocenters. The minimum Gasteiger partial charge on any atom is -0.221 e. The summed E-state index contributed by atoms with van der Waals surface area (Å²) in [5, 5.41) is 4.23. The maximum absolute atomic E-state index is 4.23. The molecule has 0 spiro atoms. The van der Waals surface area contributed by atoms with Crippen molar-refractivity contribution < 1.29 is 0 Å². The van der Waals surface area contributed by atoms with Crippen LogP contribution in [0.4, 0.5) is 0 Å². The molecular formula is C21H27N3. The summed E-state index contributed by atoms with van der Waals surface area (Å²) in [5.41, 5.74) is 7.05. The van der Waals surface area contributed by atoms with Gasteiger partial charge in [0.1, 0.15) is 6.33 Å². The molecule has 2 heterocycles. The minimum atomic E-state index is 0.504. The van der Waals surface area contributed by atoms with Gasteiger partial charge in [-0.3, -0.25) is 0 Å². The van der Waals surface area contributed by atoms with E-state index < -0.39 is 0 Å². The Morgan fingerprint density at radius 2 is 2.04 bits per heavy atom. The molecule has 0 saturated carbocycles. The molecule has 0 bridgehead atoms. The molecule has 0 saturated heterocycles. The quantitative estimate of drug-likeness (QED) is 0.646. The normalized spacial score (nSPS) is 15.0. The van der Waals surface area contributed by atoms with Crippen molar-refractivity contribution in [2.24, 2.45) is 5.92 Å². The summed E-state index contributed by atoms with van der Waals surface area (Å²) in [6.45, 7) is 14.8. The van der Waals surface area contributed by atoms with Gasteiger partial charge in [-0.05, 0) is 67.5 Å². The van der Waals surface area contributed by atoms with E-state index in [1.807, 2.05) is 29.8 Å². The monoisotopic (exact) mass is 321 g/mol. The Morgan fingerprint density at radius 1 is 1.29 bits per heavy atom. The standard InChI is InChI=1S/C21H27N3/c1-7-16(4)20(10-8-9-15(2)3)18(6)17(5)19-11-12-21-22-14-23-24(21)13-19/h8-14,16H,2,7H2,1,3-6H3/b9-8-,18-17-,20-10+. The van der Waals surface area contributed by atoms with E-state index in [1.54, 1.807) is 6.33 Å². The fourth-order valence-corrected chi connectivity index (χ4v) is 2.67. The van der Waals surface area contributed by atoms with Gasteiger partial charge in [-0.15, -0.1) is 0 Å². The number of hydrogen-bond acceptors (Lipinski definition) is 2. The highest BCUT2D eigenvalue weighted by Gasteiger charge is 2.12. The third kappa shape index (κ3) is 4.10. The van der Waals surface area contributed by atoms with Gasteiger partial charge < -0.3 is 0 Å². The SMILES string of the molecule is C=C(C)\C=C/C=C(/C(C)=C(/C)c1ccc2ncnn2c1)C(C)CC. The summed E-state index contributed by atoms with van der Waals surface area (Å²) in [6.07, 6.45) is 11.1. The lowest BCUT2D eigenvalue weighted by Gasteiger charge is -2.18. The zero-order chi connectivity index (χ0) is 17.7. The van der Waals surface area contributed by atoms with E-state index in [9.17, 15) is 0 Å². The second-order valence-corrected chi connectivity index (χ2v) is 6.37. The highest BCUT2D eigenvalue weighted by atomic mass is 15.3. The van der Waals surface area contributed by atoms with Crippen LogP contribution in [0.2, 0.25) is 0 Å². The van der Waals surface area contributed by atoms with Crippen LogP contribution < -0.4 is 0 Å². The van der Waals surface area contributed by atoms with E-state index in [2.05, 4.69) is 62.6 Å². The lowest BCUT2D eigenvalue weighted by molar-refractivity contribution is 0.662. The Bertz CT molecular complexity index is 818. The third-order valence-electron chi connectivity index (χ3n) is 4.50. The molecule has 0 aliphatic carbocycles. The van der Waals surface area contributed by atoms with Crippen molar-refractivity contribution in [2.75, 3.05) is 0 Å². The molecule has 24 heavy (non-hydrogen) atoms. The van der Waals surface area contributed by atoms with Gasteiger partial charge in [0.25, 0.3) is 0 Å². The first-order chi connectivity index (χ1) is 11.4. The van der Waals surface area contributed by atoms with Gasteiger partial charge >= 0.3 is 0 Å². The van der Waals surface area contributed by atoms with Crippen molar-refractivity contribution >= 4 is 11.2 Å². The molecule has 0 aliphatic heterocycles. The topological polar surface area (TPSA) is 30.2 Å². The number of fused-ring (bicyclic) bond motifs is 1. The lowest BCUT2D eigenvalue weighted by atomic mass is 9.88. The average molecular weight is 321 g/mol. The molecule has 1 atom stereocenters. The Labute approximate surface area is 145 Å². The fraction of sp³-hybridized carbons (Fsp3) is 0.333. The van der Waals surface area contributed by atoms with Crippen LogP contribution in [-0.4, -0.2) is 14.6 Å². The van der Waals surface area contributed by atoms with Crippen molar-refractivity contribution in [3.63, 3.8) is 0 Å². The molecule has 2 aromatic heterocycles. The van der Waals surface area contributed by atoms with Crippen molar-refractivity contribution in [3.05, 3.63) is 71.7 Å². The molecule has 0 aromatic carbocycles. The smallest absolute Gasteiger partial charge is 0.155 e. The number of nitrogens with zero attached hydrogens (tertiary/aromatic N) is 3. The Kier molecular flexibility index (Phi) is 5.91. The molecule has 2 aromatic rings. The Hall–Kier alpha value is -2.42. The van der Waals surface area contributed by atoms with Gasteiger partial charge in [0.2, 0.25) is 0 Å². The molecule has 0 aliphatic rings. The third-order valence-corrected chi connectivity index (χ3v) is 4.50. The predicted molar refractivity (Wildman–Crippen MR) is 103 cm³/mol. The van der Waals surface area contributed by atoms with Crippen LogP contribution in [-0.2, 0) is 0 Å². The van der Waals surface area contributed by atoms with E-state index in [0.717, 1.165) is 17.6 Å². The van der Waals surface area contributed by atoms with Crippen LogP contribution in [0.3, 0.4) is 0 Å². The maximum atomic E-state index is 4.23. The summed E-state index contributed by atoms with van der Waals surface area (Å²) in [6, 6.07) is 4.12. The average Bonchev–Trinajstić information content (AvgIpc) is 3.04. The number of hydrogen-bond donors (Lipinski definition) is 0. The number of allylic oxidation sites excluding steroid dienone is 7. The first kappa shape index (κ1) is 17.9. The second-order valence-electron chi connectivity index (χ2n) is 6.37. The van der Waals surface area contributed by atoms with E-state index in [4.69, 9.17) is 0 Å². The van der Waals surface area contributed by atoms with Crippen molar-refractivity contribution in [3.8, 4) is 0 Å². The van der Waals surface area contributed by atoms with E-state index in [-0.39, 0.29) is 0 Å². The number of pyridine rings is 1. The van der Waals surface area contributed by atoms with E-state index in [1.165, 1.54) is 22.3 Å². The van der Waals surface area contributed by atoms with Gasteiger partial charge in [0.05, 0.1) is 0 Å². The Morgan fingerprint density at radius 3 is 2.71 bits per heavy atom. The molecule has 3 heteroatoms. The van der Waals surface area contributed by atoms with Gasteiger partial charge in [-0.25, -0.2) is 9.50 Å². The van der Waals surface area contributed by atoms with Crippen LogP contribution in [0.1, 0.15) is 46.6 Å². The molecule has 0 fully saturated rings. The van der Waals surface area contributed by atoms with E-state index in [0.29, 0.717) is 5.92 Å². The highest BCUT2D eigenvalue weighted by molar-refractivity contribution is 5.71. The Balaban J connectivity index is 2.46. The zero-order valence-electron chi connectivity index (χ0n) is 15.4. The molecular weight excluding hydrogens is 294 g/mol. The van der Waals surface area contributed by atoms with Crippen LogP contribution >= 0.6 is 0 Å². The van der Waals surface area contributed by atoms with E-state index >= 15 is 0 Å². The molecule has 3 nitrogen and oxygen atoms in total. The van der Waals surface area contributed by atoms with Gasteiger partial charge in [-0.1, -0.05) is 44.2 Å². The summed E-state index contributed by atoms with van der Waals surface area (Å²) >= 11 is 0. The number of rotatable bonds is 6. The maximum Gasteiger partial charge on any atom is 0.155 e. The second kappa shape index (κ2) is 7.91. The molecule has 2 rings (SSSR count). The van der Waals surface area contributed by atoms with Crippen molar-refractivity contribution in [1.82, 2.24) is 14.6 Å². The summed E-state index contributed by atoms with van der Waals surface area (Å²) in [5.74, 6) is 0.504. The highest BCUT2D eigenvalue weighted by Crippen LogP contribution is 2.29. The lowest BCUT2D eigenvalue weighted by Crippen LogP contribution is -2.02. The minimum absolute atomic E-state index is 0.504. The molecule has 0 amide bonds. The van der Waals surface area contributed by atoms with Crippen LogP contribution in [0.5, 0.6) is 0 Å². The zero-order valence-corrected chi connectivity index (χ0v) is 15.4. The van der Waals surface area contributed by atoms with Crippen LogP contribution in [0.25, 0.3) is 11.2 Å². The fourth-order valence-electron chi connectivity index (χ4n) is 2.67. The first-order valence-electron chi connectivity index (χ1n) is 8.45. The predicted octanol–water partition coefficient (Wildman–Crippen LogP) is 5.63. The molecule has 126 valence electrons. The molecule has 0 N–H and O–H groups in total. The largest absolute Gasteiger partial charge is 0.221 e. The van der Waals surface area contributed by atoms with Crippen LogP contribution in [0.15, 0.2) is 66.2 Å². The van der Waals surface area contributed by atoms with Crippen molar-refractivity contribution in [1.29, 1.82) is 0 Å². The summed E-state index contributed by atoms with van der Waals surface area (Å²) in [7, 11) is 0. The van der Waals surface area contributed by atoms with Crippen LogP contribution in [0, 0.1) is 5.92 Å². The van der Waals surface area contributed by atoms with Gasteiger partial charge in [0, 0.05) is 6.20 Å². The van der Waals surface area contributed by atoms with Gasteiger partial charge in [0.15, 0.2) is 5.65 Å². The van der Waals surface area contributed by atoms with Gasteiger partial charge in [-0.2, -0.15) is 5.10 Å². The first-order valence-corrected chi connectivity index (χ1v) is 8.45. The molecule has 0 radical (unpaired) electrons. The van der Waals surface area contributed by atoms with Crippen molar-refractivity contribution in [2.45, 2.75) is 41.0 Å². The summed E-state index contributed by atoms with van der Waals surface area (Å²) in [4.78, 5) is 4.20. The summed E-state index contributed by atoms with van der Waals surface area (Å²) < 4.78 is 1.82. The number of aromatic nitrogens is 3.